The Labute approximate surface area is 179 Å². The molecule has 8 heteroatoms. The fourth-order valence-corrected chi connectivity index (χ4v) is 5.23. The van der Waals surface area contributed by atoms with Gasteiger partial charge in [-0.3, -0.25) is 9.59 Å². The number of aromatic nitrogens is 1. The van der Waals surface area contributed by atoms with Gasteiger partial charge in [0.1, 0.15) is 11.4 Å². The summed E-state index contributed by atoms with van der Waals surface area (Å²) < 4.78 is 27.3. The van der Waals surface area contributed by atoms with Gasteiger partial charge in [0, 0.05) is 16.3 Å². The van der Waals surface area contributed by atoms with Crippen molar-refractivity contribution in [3.63, 3.8) is 0 Å². The summed E-state index contributed by atoms with van der Waals surface area (Å²) >= 11 is 1.55. The molecule has 0 radical (unpaired) electrons. The van der Waals surface area contributed by atoms with Gasteiger partial charge in [0.15, 0.2) is 0 Å². The molecule has 3 rings (SSSR count). The summed E-state index contributed by atoms with van der Waals surface area (Å²) in [5.41, 5.74) is 0.773. The van der Waals surface area contributed by atoms with Gasteiger partial charge in [-0.1, -0.05) is 24.3 Å². The SMILES string of the molecule is CSc1cccc(NC(=O)Cn2c(C)cc(C)c(S(=O)(=O)c3ccccc3)c2=O)c1. The molecule has 0 unspecified atom stereocenters. The minimum Gasteiger partial charge on any atom is -0.324 e. The van der Waals surface area contributed by atoms with E-state index in [4.69, 9.17) is 0 Å². The lowest BCUT2D eigenvalue weighted by atomic mass is 10.2. The molecule has 0 atom stereocenters. The molecule has 0 fully saturated rings. The maximum absolute atomic E-state index is 13.1. The van der Waals surface area contributed by atoms with Crippen molar-refractivity contribution in [1.29, 1.82) is 0 Å². The van der Waals surface area contributed by atoms with Crippen LogP contribution in [0.4, 0.5) is 5.69 Å². The average Bonchev–Trinajstić information content (AvgIpc) is 2.71. The fraction of sp³-hybridized carbons (Fsp3) is 0.182. The monoisotopic (exact) mass is 442 g/mol. The van der Waals surface area contributed by atoms with Crippen molar-refractivity contribution in [1.82, 2.24) is 4.57 Å². The smallest absolute Gasteiger partial charge is 0.270 e. The van der Waals surface area contributed by atoms with Crippen molar-refractivity contribution in [3.8, 4) is 0 Å². The second-order valence-electron chi connectivity index (χ2n) is 6.79. The van der Waals surface area contributed by atoms with Crippen LogP contribution >= 0.6 is 11.8 Å². The van der Waals surface area contributed by atoms with E-state index in [1.807, 2.05) is 24.5 Å². The van der Waals surface area contributed by atoms with Crippen LogP contribution in [-0.4, -0.2) is 25.1 Å². The van der Waals surface area contributed by atoms with E-state index < -0.39 is 21.3 Å². The van der Waals surface area contributed by atoms with Crippen LogP contribution in [-0.2, 0) is 21.2 Å². The third-order valence-corrected chi connectivity index (χ3v) is 7.28. The van der Waals surface area contributed by atoms with Gasteiger partial charge in [0.25, 0.3) is 5.56 Å². The third-order valence-electron chi connectivity index (χ3n) is 4.63. The molecule has 1 aromatic heterocycles. The van der Waals surface area contributed by atoms with Crippen LogP contribution in [0.3, 0.4) is 0 Å². The number of hydrogen-bond acceptors (Lipinski definition) is 5. The van der Waals surface area contributed by atoms with E-state index in [2.05, 4.69) is 5.32 Å². The lowest BCUT2D eigenvalue weighted by molar-refractivity contribution is -0.116. The molecule has 2 aromatic carbocycles. The van der Waals surface area contributed by atoms with Crippen LogP contribution in [0, 0.1) is 13.8 Å². The highest BCUT2D eigenvalue weighted by atomic mass is 32.2. The molecule has 0 saturated carbocycles. The molecule has 156 valence electrons. The van der Waals surface area contributed by atoms with E-state index in [1.165, 1.54) is 16.7 Å². The van der Waals surface area contributed by atoms with E-state index in [0.29, 0.717) is 16.9 Å². The number of aryl methyl sites for hydroxylation is 2. The Morgan fingerprint density at radius 2 is 1.73 bits per heavy atom. The predicted molar refractivity (Wildman–Crippen MR) is 119 cm³/mol. The molecule has 0 aliphatic rings. The number of sulfone groups is 1. The van der Waals surface area contributed by atoms with E-state index in [-0.39, 0.29) is 16.3 Å². The molecular weight excluding hydrogens is 420 g/mol. The highest BCUT2D eigenvalue weighted by molar-refractivity contribution is 7.98. The Bertz CT molecular complexity index is 1250. The quantitative estimate of drug-likeness (QED) is 0.589. The van der Waals surface area contributed by atoms with Gasteiger partial charge >= 0.3 is 0 Å². The molecule has 3 aromatic rings. The number of pyridine rings is 1. The van der Waals surface area contributed by atoms with Gasteiger partial charge in [0.2, 0.25) is 15.7 Å². The number of benzene rings is 2. The summed E-state index contributed by atoms with van der Waals surface area (Å²) in [6, 6.07) is 16.8. The predicted octanol–water partition coefficient (Wildman–Crippen LogP) is 3.66. The van der Waals surface area contributed by atoms with Gasteiger partial charge in [-0.2, -0.15) is 0 Å². The van der Waals surface area contributed by atoms with Crippen molar-refractivity contribution in [3.05, 3.63) is 82.3 Å². The van der Waals surface area contributed by atoms with Gasteiger partial charge < -0.3 is 9.88 Å². The Kier molecular flexibility index (Phi) is 6.48. The average molecular weight is 443 g/mol. The molecule has 0 spiro atoms. The molecule has 1 N–H and O–H groups in total. The minimum atomic E-state index is -4.01. The summed E-state index contributed by atoms with van der Waals surface area (Å²) in [6.45, 7) is 2.98. The molecule has 30 heavy (non-hydrogen) atoms. The van der Waals surface area contributed by atoms with Gasteiger partial charge in [0.05, 0.1) is 4.90 Å². The molecule has 0 bridgehead atoms. The van der Waals surface area contributed by atoms with Crippen molar-refractivity contribution in [2.75, 3.05) is 11.6 Å². The number of nitrogens with zero attached hydrogens (tertiary/aromatic N) is 1. The van der Waals surface area contributed by atoms with E-state index in [1.54, 1.807) is 55.9 Å². The molecule has 0 aliphatic heterocycles. The summed E-state index contributed by atoms with van der Waals surface area (Å²) in [5, 5.41) is 2.76. The zero-order valence-corrected chi connectivity index (χ0v) is 18.5. The number of thioether (sulfide) groups is 1. The summed E-state index contributed by atoms with van der Waals surface area (Å²) in [7, 11) is -4.01. The topological polar surface area (TPSA) is 85.2 Å². The van der Waals surface area contributed by atoms with Crippen molar-refractivity contribution in [2.45, 2.75) is 35.1 Å². The van der Waals surface area contributed by atoms with E-state index >= 15 is 0 Å². The number of anilines is 1. The lowest BCUT2D eigenvalue weighted by Crippen LogP contribution is -2.33. The Hall–Kier alpha value is -2.84. The number of hydrogen-bond donors (Lipinski definition) is 1. The largest absolute Gasteiger partial charge is 0.324 e. The molecular formula is C22H22N2O4S2. The van der Waals surface area contributed by atoms with Crippen LogP contribution in [0.5, 0.6) is 0 Å². The Balaban J connectivity index is 1.97. The van der Waals surface area contributed by atoms with Gasteiger partial charge in [-0.05, 0) is 62.1 Å². The zero-order chi connectivity index (χ0) is 21.9. The van der Waals surface area contributed by atoms with Crippen molar-refractivity contribution >= 4 is 33.2 Å². The first-order valence-electron chi connectivity index (χ1n) is 9.19. The molecule has 6 nitrogen and oxygen atoms in total. The Morgan fingerprint density at radius 1 is 1.03 bits per heavy atom. The van der Waals surface area contributed by atoms with Gasteiger partial charge in [-0.25, -0.2) is 8.42 Å². The van der Waals surface area contributed by atoms with Crippen LogP contribution < -0.4 is 10.9 Å². The summed E-state index contributed by atoms with van der Waals surface area (Å²) in [5.74, 6) is -0.412. The highest BCUT2D eigenvalue weighted by Crippen LogP contribution is 2.22. The first kappa shape index (κ1) is 21.9. The van der Waals surface area contributed by atoms with Crippen LogP contribution in [0.1, 0.15) is 11.3 Å². The van der Waals surface area contributed by atoms with Crippen LogP contribution in [0.15, 0.2) is 80.1 Å². The zero-order valence-electron chi connectivity index (χ0n) is 16.9. The molecule has 0 aliphatic carbocycles. The fourth-order valence-electron chi connectivity index (χ4n) is 3.19. The first-order chi connectivity index (χ1) is 14.2. The van der Waals surface area contributed by atoms with E-state index in [9.17, 15) is 18.0 Å². The maximum Gasteiger partial charge on any atom is 0.270 e. The highest BCUT2D eigenvalue weighted by Gasteiger charge is 2.26. The maximum atomic E-state index is 13.1. The normalized spacial score (nSPS) is 11.3. The second-order valence-corrected chi connectivity index (χ2v) is 9.55. The lowest BCUT2D eigenvalue weighted by Gasteiger charge is -2.15. The van der Waals surface area contributed by atoms with Crippen LogP contribution in [0.25, 0.3) is 0 Å². The van der Waals surface area contributed by atoms with Gasteiger partial charge in [-0.15, -0.1) is 11.8 Å². The molecule has 0 saturated heterocycles. The van der Waals surface area contributed by atoms with E-state index in [0.717, 1.165) is 4.90 Å². The standard InChI is InChI=1S/C22H22N2O4S2/c1-15-12-16(2)24(14-20(25)23-17-8-7-9-18(13-17)29-3)22(26)21(15)30(27,28)19-10-5-4-6-11-19/h4-13H,14H2,1-3H3,(H,23,25). The number of rotatable bonds is 6. The van der Waals surface area contributed by atoms with Crippen molar-refractivity contribution in [2.24, 2.45) is 0 Å². The number of carbonyl (C=O) groups excluding carboxylic acids is 1. The summed E-state index contributed by atoms with van der Waals surface area (Å²) in [6.07, 6.45) is 1.94. The summed E-state index contributed by atoms with van der Waals surface area (Å²) in [4.78, 5) is 26.4. The molecule has 1 amide bonds. The second kappa shape index (κ2) is 8.89. The Morgan fingerprint density at radius 3 is 2.40 bits per heavy atom. The number of amides is 1. The minimum absolute atomic E-state index is 0.0407. The third kappa shape index (κ3) is 4.49. The number of nitrogens with one attached hydrogen (secondary N) is 1. The number of carbonyl (C=O) groups is 1. The first-order valence-corrected chi connectivity index (χ1v) is 11.9. The van der Waals surface area contributed by atoms with Crippen molar-refractivity contribution < 1.29 is 13.2 Å². The molecule has 1 heterocycles. The van der Waals surface area contributed by atoms with Crippen LogP contribution in [0.2, 0.25) is 0 Å².